The molecule has 0 aromatic carbocycles. The minimum absolute atomic E-state index is 0.189. The van der Waals surface area contributed by atoms with Crippen molar-refractivity contribution in [2.24, 2.45) is 5.73 Å². The normalized spacial score (nSPS) is 10.4. The van der Waals surface area contributed by atoms with Crippen molar-refractivity contribution in [3.8, 4) is 5.75 Å². The number of nitrogens with zero attached hydrogens (tertiary/aromatic N) is 2. The Hall–Kier alpha value is -1.78. The summed E-state index contributed by atoms with van der Waals surface area (Å²) >= 11 is 0. The van der Waals surface area contributed by atoms with Crippen LogP contribution in [-0.4, -0.2) is 30.0 Å². The Balaban J connectivity index is 2.93. The molecule has 1 heterocycles. The van der Waals surface area contributed by atoms with Gasteiger partial charge in [-0.1, -0.05) is 0 Å². The number of hydrogen-bond acceptors (Lipinski definition) is 4. The highest BCUT2D eigenvalue weighted by Crippen LogP contribution is 2.26. The summed E-state index contributed by atoms with van der Waals surface area (Å²) in [6, 6.07) is 4.05. The van der Waals surface area contributed by atoms with Gasteiger partial charge in [0, 0.05) is 25.2 Å². The van der Waals surface area contributed by atoms with E-state index in [9.17, 15) is 0 Å². The average molecular weight is 250 g/mol. The van der Waals surface area contributed by atoms with E-state index in [2.05, 4.69) is 23.7 Å². The van der Waals surface area contributed by atoms with Crippen LogP contribution in [0.25, 0.3) is 0 Å². The monoisotopic (exact) mass is 250 g/mol. The maximum absolute atomic E-state index is 7.33. The van der Waals surface area contributed by atoms with Gasteiger partial charge in [-0.05, 0) is 32.9 Å². The lowest BCUT2D eigenvalue weighted by atomic mass is 10.2. The second-order valence-corrected chi connectivity index (χ2v) is 4.32. The number of nitrogens with two attached hydrogens (primary N) is 1. The lowest BCUT2D eigenvalue weighted by molar-refractivity contribution is 0.338. The smallest absolute Gasteiger partial charge is 0.171 e. The largest absolute Gasteiger partial charge is 0.490 e. The molecule has 0 atom stereocenters. The summed E-state index contributed by atoms with van der Waals surface area (Å²) < 4.78 is 5.59. The highest BCUT2D eigenvalue weighted by atomic mass is 16.5. The summed E-state index contributed by atoms with van der Waals surface area (Å²) in [5, 5.41) is 7.33. The molecule has 0 saturated heterocycles. The van der Waals surface area contributed by atoms with Crippen LogP contribution in [0.15, 0.2) is 18.3 Å². The lowest BCUT2D eigenvalue weighted by Gasteiger charge is -2.29. The molecule has 0 aliphatic rings. The van der Waals surface area contributed by atoms with Gasteiger partial charge in [0.15, 0.2) is 11.6 Å². The standard InChI is InChI=1S/C13H22N4O/c1-4-18-11-6-5-8-16-13(11)17(10(2)3)9-7-12(14)15/h5-6,8,10H,4,7,9H2,1-3H3,(H3,14,15). The molecule has 100 valence electrons. The van der Waals surface area contributed by atoms with Crippen LogP contribution in [0.3, 0.4) is 0 Å². The summed E-state index contributed by atoms with van der Waals surface area (Å²) in [7, 11) is 0. The van der Waals surface area contributed by atoms with E-state index in [4.69, 9.17) is 15.9 Å². The number of anilines is 1. The zero-order valence-corrected chi connectivity index (χ0v) is 11.3. The molecular weight excluding hydrogens is 228 g/mol. The number of ether oxygens (including phenoxy) is 1. The molecule has 5 heteroatoms. The molecule has 0 aliphatic heterocycles. The predicted molar refractivity (Wildman–Crippen MR) is 74.4 cm³/mol. The van der Waals surface area contributed by atoms with Crippen molar-refractivity contribution >= 4 is 11.7 Å². The van der Waals surface area contributed by atoms with Crippen molar-refractivity contribution in [1.82, 2.24) is 4.98 Å². The van der Waals surface area contributed by atoms with Crippen LogP contribution in [-0.2, 0) is 0 Å². The second kappa shape index (κ2) is 6.83. The Morgan fingerprint density at radius 1 is 1.56 bits per heavy atom. The van der Waals surface area contributed by atoms with Crippen LogP contribution >= 0.6 is 0 Å². The van der Waals surface area contributed by atoms with Gasteiger partial charge in [0.25, 0.3) is 0 Å². The Labute approximate surface area is 108 Å². The first-order chi connectivity index (χ1) is 8.56. The molecule has 0 bridgehead atoms. The average Bonchev–Trinajstić information content (AvgIpc) is 2.31. The summed E-state index contributed by atoms with van der Waals surface area (Å²) in [5.74, 6) is 1.78. The Bertz CT molecular complexity index is 392. The van der Waals surface area contributed by atoms with E-state index >= 15 is 0 Å². The number of aromatic nitrogens is 1. The molecule has 0 radical (unpaired) electrons. The van der Waals surface area contributed by atoms with Gasteiger partial charge in [0.2, 0.25) is 0 Å². The maximum Gasteiger partial charge on any atom is 0.171 e. The Morgan fingerprint density at radius 2 is 2.28 bits per heavy atom. The van der Waals surface area contributed by atoms with Gasteiger partial charge in [-0.3, -0.25) is 5.41 Å². The molecule has 0 spiro atoms. The Morgan fingerprint density at radius 3 is 2.83 bits per heavy atom. The van der Waals surface area contributed by atoms with E-state index in [1.165, 1.54) is 0 Å². The fourth-order valence-corrected chi connectivity index (χ4v) is 1.72. The number of pyridine rings is 1. The van der Waals surface area contributed by atoms with Gasteiger partial charge >= 0.3 is 0 Å². The van der Waals surface area contributed by atoms with Crippen molar-refractivity contribution in [2.75, 3.05) is 18.1 Å². The van der Waals surface area contributed by atoms with E-state index in [0.29, 0.717) is 19.6 Å². The molecule has 5 nitrogen and oxygen atoms in total. The molecule has 0 fully saturated rings. The van der Waals surface area contributed by atoms with Crippen molar-refractivity contribution in [1.29, 1.82) is 5.41 Å². The number of hydrogen-bond donors (Lipinski definition) is 2. The summed E-state index contributed by atoms with van der Waals surface area (Å²) in [6.45, 7) is 7.41. The number of rotatable bonds is 7. The quantitative estimate of drug-likeness (QED) is 0.573. The Kier molecular flexibility index (Phi) is 5.42. The maximum atomic E-state index is 7.33. The zero-order valence-electron chi connectivity index (χ0n) is 11.3. The molecule has 0 aliphatic carbocycles. The third-order valence-corrected chi connectivity index (χ3v) is 2.57. The van der Waals surface area contributed by atoms with Gasteiger partial charge in [0.1, 0.15) is 0 Å². The van der Waals surface area contributed by atoms with E-state index < -0.39 is 0 Å². The van der Waals surface area contributed by atoms with Crippen LogP contribution in [0.2, 0.25) is 0 Å². The first-order valence-corrected chi connectivity index (χ1v) is 6.23. The molecule has 0 saturated carbocycles. The fraction of sp³-hybridized carbons (Fsp3) is 0.538. The molecule has 1 aromatic rings. The van der Waals surface area contributed by atoms with E-state index in [1.54, 1.807) is 6.20 Å². The van der Waals surface area contributed by atoms with Crippen LogP contribution in [0.5, 0.6) is 5.75 Å². The van der Waals surface area contributed by atoms with E-state index in [1.807, 2.05) is 19.1 Å². The summed E-state index contributed by atoms with van der Waals surface area (Å²) in [4.78, 5) is 6.49. The van der Waals surface area contributed by atoms with Crippen molar-refractivity contribution in [2.45, 2.75) is 33.2 Å². The SMILES string of the molecule is CCOc1cccnc1N(CCC(=N)N)C(C)C. The van der Waals surface area contributed by atoms with Crippen molar-refractivity contribution < 1.29 is 4.74 Å². The fourth-order valence-electron chi connectivity index (χ4n) is 1.72. The van der Waals surface area contributed by atoms with Gasteiger partial charge in [0.05, 0.1) is 12.4 Å². The highest BCUT2D eigenvalue weighted by molar-refractivity contribution is 5.77. The molecule has 1 aromatic heterocycles. The number of nitrogens with one attached hydrogen (secondary N) is 1. The van der Waals surface area contributed by atoms with Crippen LogP contribution in [0.4, 0.5) is 5.82 Å². The van der Waals surface area contributed by atoms with Crippen LogP contribution in [0.1, 0.15) is 27.2 Å². The van der Waals surface area contributed by atoms with Crippen molar-refractivity contribution in [3.63, 3.8) is 0 Å². The molecular formula is C13H22N4O. The second-order valence-electron chi connectivity index (χ2n) is 4.32. The zero-order chi connectivity index (χ0) is 13.5. The first-order valence-electron chi connectivity index (χ1n) is 6.23. The van der Waals surface area contributed by atoms with Crippen molar-refractivity contribution in [3.05, 3.63) is 18.3 Å². The number of amidine groups is 1. The summed E-state index contributed by atoms with van der Waals surface area (Å²) in [5.41, 5.74) is 5.42. The first kappa shape index (κ1) is 14.3. The van der Waals surface area contributed by atoms with E-state index in [-0.39, 0.29) is 11.9 Å². The molecule has 1 rings (SSSR count). The minimum Gasteiger partial charge on any atom is -0.490 e. The van der Waals surface area contributed by atoms with Crippen LogP contribution < -0.4 is 15.4 Å². The minimum atomic E-state index is 0.189. The highest BCUT2D eigenvalue weighted by Gasteiger charge is 2.16. The van der Waals surface area contributed by atoms with Gasteiger partial charge in [-0.15, -0.1) is 0 Å². The van der Waals surface area contributed by atoms with Gasteiger partial charge in [-0.25, -0.2) is 4.98 Å². The molecule has 18 heavy (non-hydrogen) atoms. The topological polar surface area (TPSA) is 75.2 Å². The lowest BCUT2D eigenvalue weighted by Crippen LogP contribution is -2.34. The third-order valence-electron chi connectivity index (χ3n) is 2.57. The molecule has 0 unspecified atom stereocenters. The van der Waals surface area contributed by atoms with Gasteiger partial charge in [-0.2, -0.15) is 0 Å². The predicted octanol–water partition coefficient (Wildman–Crippen LogP) is 2.02. The molecule has 0 amide bonds. The van der Waals surface area contributed by atoms with E-state index in [0.717, 1.165) is 11.6 Å². The van der Waals surface area contributed by atoms with Crippen LogP contribution in [0, 0.1) is 5.41 Å². The molecule has 3 N–H and O–H groups in total. The third kappa shape index (κ3) is 3.91. The van der Waals surface area contributed by atoms with Gasteiger partial charge < -0.3 is 15.4 Å². The summed E-state index contributed by atoms with van der Waals surface area (Å²) in [6.07, 6.45) is 2.28.